The van der Waals surface area contributed by atoms with Crippen LogP contribution in [0.5, 0.6) is 0 Å². The lowest BCUT2D eigenvalue weighted by Gasteiger charge is -2.18. The van der Waals surface area contributed by atoms with Gasteiger partial charge in [-0.25, -0.2) is 4.79 Å². The largest absolute Gasteiger partial charge is 0.445 e. The second kappa shape index (κ2) is 10.1. The number of carbonyl (C=O) groups is 2. The Morgan fingerprint density at radius 1 is 1.08 bits per heavy atom. The second-order valence-electron chi connectivity index (χ2n) is 5.47. The van der Waals surface area contributed by atoms with E-state index in [-0.39, 0.29) is 19.6 Å². The van der Waals surface area contributed by atoms with Gasteiger partial charge in [-0.2, -0.15) is 5.26 Å². The molecule has 0 spiro atoms. The van der Waals surface area contributed by atoms with Crippen molar-refractivity contribution in [1.29, 1.82) is 5.26 Å². The van der Waals surface area contributed by atoms with Crippen molar-refractivity contribution in [2.75, 3.05) is 6.54 Å². The maximum atomic E-state index is 12.2. The maximum absolute atomic E-state index is 12.2. The maximum Gasteiger partial charge on any atom is 0.408 e. The van der Waals surface area contributed by atoms with Crippen LogP contribution in [0.3, 0.4) is 0 Å². The minimum atomic E-state index is -0.868. The number of nitrogens with one attached hydrogen (secondary N) is 2. The van der Waals surface area contributed by atoms with Gasteiger partial charge in [0.1, 0.15) is 19.2 Å². The molecule has 2 amide bonds. The lowest BCUT2D eigenvalue weighted by atomic mass is 10.1. The van der Waals surface area contributed by atoms with Crippen LogP contribution >= 0.6 is 11.6 Å². The monoisotopic (exact) mass is 371 g/mol. The van der Waals surface area contributed by atoms with Gasteiger partial charge >= 0.3 is 6.09 Å². The van der Waals surface area contributed by atoms with Gasteiger partial charge in [-0.1, -0.05) is 54.1 Å². The number of nitriles is 1. The Balaban J connectivity index is 1.97. The Hall–Kier alpha value is -3.04. The van der Waals surface area contributed by atoms with Crippen molar-refractivity contribution in [3.63, 3.8) is 0 Å². The highest BCUT2D eigenvalue weighted by Crippen LogP contribution is 2.11. The predicted molar refractivity (Wildman–Crippen MR) is 97.3 cm³/mol. The van der Waals surface area contributed by atoms with Gasteiger partial charge in [0, 0.05) is 11.4 Å². The molecule has 0 fully saturated rings. The van der Waals surface area contributed by atoms with Crippen LogP contribution in [0, 0.1) is 11.3 Å². The zero-order valence-electron chi connectivity index (χ0n) is 13.9. The molecular formula is C19H18ClN3O3. The molecule has 0 radical (unpaired) electrons. The van der Waals surface area contributed by atoms with E-state index in [1.807, 2.05) is 36.4 Å². The zero-order valence-corrected chi connectivity index (χ0v) is 14.7. The van der Waals surface area contributed by atoms with Gasteiger partial charge in [-0.3, -0.25) is 4.79 Å². The van der Waals surface area contributed by atoms with Crippen LogP contribution in [0.4, 0.5) is 4.79 Å². The number of benzene rings is 2. The number of hydrogen-bond donors (Lipinski definition) is 2. The smallest absolute Gasteiger partial charge is 0.408 e. The molecule has 2 aromatic carbocycles. The Labute approximate surface area is 156 Å². The van der Waals surface area contributed by atoms with Gasteiger partial charge in [-0.15, -0.1) is 0 Å². The van der Waals surface area contributed by atoms with E-state index in [1.54, 1.807) is 24.3 Å². The number of amides is 2. The average molecular weight is 372 g/mol. The molecule has 0 aliphatic heterocycles. The number of carbonyl (C=O) groups excluding carboxylic acids is 2. The minimum Gasteiger partial charge on any atom is -0.445 e. The molecule has 0 aliphatic rings. The van der Waals surface area contributed by atoms with Crippen LogP contribution in [0.1, 0.15) is 11.1 Å². The second-order valence-corrected chi connectivity index (χ2v) is 5.90. The first-order valence-electron chi connectivity index (χ1n) is 7.95. The van der Waals surface area contributed by atoms with Gasteiger partial charge in [0.05, 0.1) is 6.07 Å². The summed E-state index contributed by atoms with van der Waals surface area (Å²) in [6.45, 7) is -0.0448. The van der Waals surface area contributed by atoms with Gasteiger partial charge < -0.3 is 15.4 Å². The Bertz CT molecular complexity index is 773. The number of halogens is 1. The molecule has 0 saturated heterocycles. The van der Waals surface area contributed by atoms with E-state index in [0.29, 0.717) is 5.02 Å². The van der Waals surface area contributed by atoms with Gasteiger partial charge in [0.15, 0.2) is 0 Å². The molecule has 26 heavy (non-hydrogen) atoms. The van der Waals surface area contributed by atoms with Crippen LogP contribution < -0.4 is 10.6 Å². The van der Waals surface area contributed by atoms with Crippen LogP contribution in [0.2, 0.25) is 5.02 Å². The standard InChI is InChI=1S/C19H18ClN3O3/c20-16-8-6-14(7-9-16)12-17(18(24)22-11-10-21)23-19(25)26-13-15-4-2-1-3-5-15/h1-9,17H,11-13H2,(H,22,24)(H,23,25). The Morgan fingerprint density at radius 2 is 1.77 bits per heavy atom. The lowest BCUT2D eigenvalue weighted by Crippen LogP contribution is -2.48. The molecule has 6 nitrogen and oxygen atoms in total. The third-order valence-corrected chi connectivity index (χ3v) is 3.77. The van der Waals surface area contributed by atoms with E-state index in [2.05, 4.69) is 10.6 Å². The van der Waals surface area contributed by atoms with Crippen LogP contribution in [0.25, 0.3) is 0 Å². The quantitative estimate of drug-likeness (QED) is 0.732. The molecule has 2 N–H and O–H groups in total. The Kier molecular flexibility index (Phi) is 7.47. The van der Waals surface area contributed by atoms with Crippen molar-refractivity contribution in [1.82, 2.24) is 10.6 Å². The summed E-state index contributed by atoms with van der Waals surface area (Å²) in [7, 11) is 0. The van der Waals surface area contributed by atoms with E-state index in [9.17, 15) is 9.59 Å². The first-order valence-corrected chi connectivity index (χ1v) is 8.32. The highest BCUT2D eigenvalue weighted by molar-refractivity contribution is 6.30. The highest BCUT2D eigenvalue weighted by atomic mass is 35.5. The number of hydrogen-bond acceptors (Lipinski definition) is 4. The molecule has 134 valence electrons. The summed E-state index contributed by atoms with van der Waals surface area (Å²) in [5, 5.41) is 14.2. The highest BCUT2D eigenvalue weighted by Gasteiger charge is 2.21. The SMILES string of the molecule is N#CCNC(=O)C(Cc1ccc(Cl)cc1)NC(=O)OCc1ccccc1. The summed E-state index contributed by atoms with van der Waals surface area (Å²) >= 11 is 5.86. The number of ether oxygens (including phenoxy) is 1. The summed E-state index contributed by atoms with van der Waals surface area (Å²) in [5.74, 6) is -0.460. The predicted octanol–water partition coefficient (Wildman–Crippen LogP) is 2.82. The van der Waals surface area contributed by atoms with Crippen molar-refractivity contribution in [3.05, 3.63) is 70.7 Å². The van der Waals surface area contributed by atoms with Crippen molar-refractivity contribution >= 4 is 23.6 Å². The fraction of sp³-hybridized carbons (Fsp3) is 0.211. The number of nitrogens with zero attached hydrogens (tertiary/aromatic N) is 1. The van der Waals surface area contributed by atoms with E-state index in [4.69, 9.17) is 21.6 Å². The molecule has 0 aromatic heterocycles. The van der Waals surface area contributed by atoms with Crippen molar-refractivity contribution in [3.8, 4) is 6.07 Å². The molecule has 0 heterocycles. The van der Waals surface area contributed by atoms with E-state index in [0.717, 1.165) is 11.1 Å². The third kappa shape index (κ3) is 6.46. The molecular weight excluding hydrogens is 354 g/mol. The molecule has 2 aromatic rings. The third-order valence-electron chi connectivity index (χ3n) is 3.52. The number of alkyl carbamates (subject to hydrolysis) is 1. The fourth-order valence-corrected chi connectivity index (χ4v) is 2.35. The van der Waals surface area contributed by atoms with E-state index in [1.165, 1.54) is 0 Å². The summed E-state index contributed by atoms with van der Waals surface area (Å²) in [5.41, 5.74) is 1.65. The van der Waals surface area contributed by atoms with Crippen LogP contribution in [-0.2, 0) is 22.6 Å². The molecule has 0 saturated carbocycles. The summed E-state index contributed by atoms with van der Waals surface area (Å²) in [6.07, 6.45) is -0.463. The fourth-order valence-electron chi connectivity index (χ4n) is 2.22. The van der Waals surface area contributed by atoms with E-state index < -0.39 is 18.0 Å². The Morgan fingerprint density at radius 3 is 2.42 bits per heavy atom. The lowest BCUT2D eigenvalue weighted by molar-refractivity contribution is -0.122. The number of rotatable bonds is 7. The first-order chi connectivity index (χ1) is 12.6. The normalized spacial score (nSPS) is 11.1. The topological polar surface area (TPSA) is 91.2 Å². The van der Waals surface area contributed by atoms with E-state index >= 15 is 0 Å². The molecule has 7 heteroatoms. The average Bonchev–Trinajstić information content (AvgIpc) is 2.66. The molecule has 0 bridgehead atoms. The summed E-state index contributed by atoms with van der Waals surface area (Å²) in [6, 6.07) is 17.1. The van der Waals surface area contributed by atoms with Gasteiger partial charge in [0.25, 0.3) is 0 Å². The molecule has 1 atom stereocenters. The first kappa shape index (κ1) is 19.3. The van der Waals surface area contributed by atoms with Crippen LogP contribution in [0.15, 0.2) is 54.6 Å². The van der Waals surface area contributed by atoms with Crippen molar-refractivity contribution in [2.45, 2.75) is 19.1 Å². The van der Waals surface area contributed by atoms with Gasteiger partial charge in [0.2, 0.25) is 5.91 Å². The van der Waals surface area contributed by atoms with Crippen molar-refractivity contribution in [2.24, 2.45) is 0 Å². The van der Waals surface area contributed by atoms with Gasteiger partial charge in [-0.05, 0) is 23.3 Å². The molecule has 0 aliphatic carbocycles. The summed E-state index contributed by atoms with van der Waals surface area (Å²) in [4.78, 5) is 24.3. The molecule has 2 rings (SSSR count). The summed E-state index contributed by atoms with van der Waals surface area (Å²) < 4.78 is 5.15. The zero-order chi connectivity index (χ0) is 18.8. The molecule has 1 unspecified atom stereocenters. The minimum absolute atomic E-state index is 0.0974. The van der Waals surface area contributed by atoms with Crippen LogP contribution in [-0.4, -0.2) is 24.6 Å². The van der Waals surface area contributed by atoms with Crippen molar-refractivity contribution < 1.29 is 14.3 Å².